The van der Waals surface area contributed by atoms with Crippen molar-refractivity contribution in [2.75, 3.05) is 5.32 Å². The minimum Gasteiger partial charge on any atom is -0.457 e. The summed E-state index contributed by atoms with van der Waals surface area (Å²) in [6.45, 7) is 5.75. The highest BCUT2D eigenvalue weighted by molar-refractivity contribution is 6.05. The van der Waals surface area contributed by atoms with Crippen LogP contribution in [-0.4, -0.2) is 12.3 Å². The molecule has 33 heavy (non-hydrogen) atoms. The van der Waals surface area contributed by atoms with Crippen molar-refractivity contribution in [2.24, 2.45) is 0 Å². The average molecular weight is 465 g/mol. The number of rotatable bonds is 6. The molecule has 3 rings (SSSR count). The summed E-state index contributed by atoms with van der Waals surface area (Å²) in [5.74, 6) is -3.75. The van der Waals surface area contributed by atoms with E-state index in [0.717, 1.165) is 41.5 Å². The van der Waals surface area contributed by atoms with E-state index in [-0.39, 0.29) is 11.7 Å². The number of anilines is 1. The topological polar surface area (TPSA) is 47.6 Å². The summed E-state index contributed by atoms with van der Waals surface area (Å²) in [4.78, 5) is 12.3. The van der Waals surface area contributed by atoms with Gasteiger partial charge < -0.3 is 14.8 Å². The zero-order chi connectivity index (χ0) is 24.3. The fraction of sp³-hybridized carbons (Fsp3) is 0.208. The number of carbonyl (C=O) groups is 1. The van der Waals surface area contributed by atoms with Crippen molar-refractivity contribution in [1.29, 1.82) is 0 Å². The highest BCUT2D eigenvalue weighted by Crippen LogP contribution is 2.37. The van der Waals surface area contributed by atoms with Gasteiger partial charge in [0.05, 0.1) is 5.69 Å². The molecule has 0 spiro atoms. The van der Waals surface area contributed by atoms with Crippen LogP contribution in [0, 0.1) is 18.6 Å². The largest absolute Gasteiger partial charge is 0.573 e. The van der Waals surface area contributed by atoms with Crippen molar-refractivity contribution in [3.05, 3.63) is 82.9 Å². The molecule has 0 saturated carbocycles. The van der Waals surface area contributed by atoms with Crippen molar-refractivity contribution in [3.63, 3.8) is 0 Å². The molecule has 0 unspecified atom stereocenters. The Balaban J connectivity index is 1.95. The first-order chi connectivity index (χ1) is 15.4. The van der Waals surface area contributed by atoms with Crippen LogP contribution >= 0.6 is 0 Å². The summed E-state index contributed by atoms with van der Waals surface area (Å²) in [5.41, 5.74) is 0.347. The number of ether oxygens (including phenoxy) is 2. The molecule has 1 N–H and O–H groups in total. The Kier molecular flexibility index (Phi) is 6.90. The van der Waals surface area contributed by atoms with Crippen LogP contribution in [0.15, 0.2) is 54.6 Å². The van der Waals surface area contributed by atoms with E-state index < -0.39 is 40.9 Å². The third kappa shape index (κ3) is 6.00. The number of carbonyl (C=O) groups excluding carboxylic acids is 1. The zero-order valence-electron chi connectivity index (χ0n) is 17.9. The first-order valence-corrected chi connectivity index (χ1v) is 9.88. The molecular weight excluding hydrogens is 445 g/mol. The van der Waals surface area contributed by atoms with Crippen LogP contribution in [0.5, 0.6) is 17.2 Å². The lowest BCUT2D eigenvalue weighted by molar-refractivity contribution is -0.274. The molecule has 9 heteroatoms. The number of amides is 1. The van der Waals surface area contributed by atoms with Crippen LogP contribution < -0.4 is 14.8 Å². The third-order valence-corrected chi connectivity index (χ3v) is 4.72. The van der Waals surface area contributed by atoms with Crippen LogP contribution in [0.3, 0.4) is 0 Å². The molecule has 0 aromatic heterocycles. The van der Waals surface area contributed by atoms with Crippen LogP contribution in [0.4, 0.5) is 27.6 Å². The standard InChI is InChI=1S/C24H20F5NO3/c1-13(2)15-8-7-14(3)20(11-15)32-16-9-10-19(21(12-16)33-24(27,28)29)30-23(31)22-17(25)5-4-6-18(22)26/h4-13H,1-3H3,(H,30,31). The SMILES string of the molecule is Cc1ccc(C(C)C)cc1Oc1ccc(NC(=O)c2c(F)cccc2F)c(OC(F)(F)F)c1. The number of alkyl halides is 3. The molecule has 0 heterocycles. The van der Waals surface area contributed by atoms with E-state index in [4.69, 9.17) is 4.74 Å². The second-order valence-electron chi connectivity index (χ2n) is 7.54. The monoisotopic (exact) mass is 465 g/mol. The van der Waals surface area contributed by atoms with E-state index in [1.807, 2.05) is 26.0 Å². The minimum absolute atomic E-state index is 0.00771. The first kappa shape index (κ1) is 24.0. The van der Waals surface area contributed by atoms with E-state index in [1.54, 1.807) is 13.0 Å². The Morgan fingerprint density at radius 3 is 2.21 bits per heavy atom. The summed E-state index contributed by atoms with van der Waals surface area (Å²) in [6, 6.07) is 11.6. The summed E-state index contributed by atoms with van der Waals surface area (Å²) in [7, 11) is 0. The van der Waals surface area contributed by atoms with E-state index in [9.17, 15) is 26.7 Å². The van der Waals surface area contributed by atoms with Gasteiger partial charge in [0.2, 0.25) is 0 Å². The molecule has 0 aliphatic heterocycles. The molecular formula is C24H20F5NO3. The smallest absolute Gasteiger partial charge is 0.457 e. The molecule has 1 amide bonds. The minimum atomic E-state index is -5.09. The summed E-state index contributed by atoms with van der Waals surface area (Å²) >= 11 is 0. The van der Waals surface area contributed by atoms with Gasteiger partial charge in [-0.2, -0.15) is 0 Å². The molecule has 4 nitrogen and oxygen atoms in total. The van der Waals surface area contributed by atoms with Gasteiger partial charge in [-0.15, -0.1) is 13.2 Å². The summed E-state index contributed by atoms with van der Waals surface area (Å²) in [6.07, 6.45) is -5.09. The van der Waals surface area contributed by atoms with Gasteiger partial charge in [-0.25, -0.2) is 8.78 Å². The molecule has 3 aromatic rings. The molecule has 0 atom stereocenters. The van der Waals surface area contributed by atoms with Gasteiger partial charge in [-0.05, 0) is 54.3 Å². The van der Waals surface area contributed by atoms with Crippen LogP contribution in [0.25, 0.3) is 0 Å². The van der Waals surface area contributed by atoms with Gasteiger partial charge in [0.1, 0.15) is 28.7 Å². The fourth-order valence-corrected chi connectivity index (χ4v) is 2.99. The number of halogens is 5. The molecule has 3 aromatic carbocycles. The zero-order valence-corrected chi connectivity index (χ0v) is 17.9. The molecule has 0 saturated heterocycles. The summed E-state index contributed by atoms with van der Waals surface area (Å²) in [5, 5.41) is 2.06. The van der Waals surface area contributed by atoms with Gasteiger partial charge >= 0.3 is 6.36 Å². The van der Waals surface area contributed by atoms with E-state index >= 15 is 0 Å². The molecule has 0 radical (unpaired) electrons. The Morgan fingerprint density at radius 2 is 1.61 bits per heavy atom. The second kappa shape index (κ2) is 9.48. The summed E-state index contributed by atoms with van der Waals surface area (Å²) < 4.78 is 76.5. The number of nitrogens with one attached hydrogen (secondary N) is 1. The number of hydrogen-bond donors (Lipinski definition) is 1. The second-order valence-corrected chi connectivity index (χ2v) is 7.54. The Hall–Kier alpha value is -3.62. The van der Waals surface area contributed by atoms with Gasteiger partial charge in [0.15, 0.2) is 5.75 Å². The Bertz CT molecular complexity index is 1150. The third-order valence-electron chi connectivity index (χ3n) is 4.72. The van der Waals surface area contributed by atoms with Crippen LogP contribution in [-0.2, 0) is 0 Å². The first-order valence-electron chi connectivity index (χ1n) is 9.88. The van der Waals surface area contributed by atoms with Gasteiger partial charge in [0, 0.05) is 6.07 Å². The van der Waals surface area contributed by atoms with E-state index in [0.29, 0.717) is 5.75 Å². The lowest BCUT2D eigenvalue weighted by atomic mass is 10.0. The van der Waals surface area contributed by atoms with Crippen molar-refractivity contribution in [2.45, 2.75) is 33.1 Å². The van der Waals surface area contributed by atoms with E-state index in [2.05, 4.69) is 10.1 Å². The van der Waals surface area contributed by atoms with Crippen molar-refractivity contribution in [3.8, 4) is 17.2 Å². The van der Waals surface area contributed by atoms with Gasteiger partial charge in [0.25, 0.3) is 5.91 Å². The lowest BCUT2D eigenvalue weighted by Crippen LogP contribution is -2.20. The van der Waals surface area contributed by atoms with Crippen LogP contribution in [0.2, 0.25) is 0 Å². The average Bonchev–Trinajstić information content (AvgIpc) is 2.70. The van der Waals surface area contributed by atoms with Gasteiger partial charge in [-0.3, -0.25) is 4.79 Å². The Labute approximate surface area is 187 Å². The predicted octanol–water partition coefficient (Wildman–Crippen LogP) is 7.34. The molecule has 0 aliphatic rings. The molecule has 0 bridgehead atoms. The normalized spacial score (nSPS) is 11.4. The molecule has 0 fully saturated rings. The molecule has 174 valence electrons. The fourth-order valence-electron chi connectivity index (χ4n) is 2.99. The number of hydrogen-bond acceptors (Lipinski definition) is 3. The quantitative estimate of drug-likeness (QED) is 0.388. The van der Waals surface area contributed by atoms with E-state index in [1.165, 1.54) is 6.07 Å². The maximum atomic E-state index is 13.9. The predicted molar refractivity (Wildman–Crippen MR) is 113 cm³/mol. The lowest BCUT2D eigenvalue weighted by Gasteiger charge is -2.17. The maximum absolute atomic E-state index is 13.9. The maximum Gasteiger partial charge on any atom is 0.573 e. The number of aryl methyl sites for hydroxylation is 1. The van der Waals surface area contributed by atoms with Crippen molar-refractivity contribution < 1.29 is 36.2 Å². The van der Waals surface area contributed by atoms with Crippen LogP contribution in [0.1, 0.15) is 41.3 Å². The van der Waals surface area contributed by atoms with Crippen molar-refractivity contribution in [1.82, 2.24) is 0 Å². The number of benzene rings is 3. The van der Waals surface area contributed by atoms with Gasteiger partial charge in [-0.1, -0.05) is 32.0 Å². The van der Waals surface area contributed by atoms with Crippen molar-refractivity contribution >= 4 is 11.6 Å². The highest BCUT2D eigenvalue weighted by Gasteiger charge is 2.33. The molecule has 0 aliphatic carbocycles. The Morgan fingerprint density at radius 1 is 0.939 bits per heavy atom. The highest BCUT2D eigenvalue weighted by atomic mass is 19.4.